The second kappa shape index (κ2) is 8.64. The highest BCUT2D eigenvalue weighted by Gasteiger charge is 2.33. The Hall–Kier alpha value is -2.64. The monoisotopic (exact) mass is 366 g/mol. The summed E-state index contributed by atoms with van der Waals surface area (Å²) in [4.78, 5) is 22.3. The van der Waals surface area contributed by atoms with Gasteiger partial charge in [0.1, 0.15) is 5.69 Å². The van der Waals surface area contributed by atoms with Crippen molar-refractivity contribution < 1.29 is 18.0 Å². The number of benzene rings is 1. The first-order valence-corrected chi connectivity index (χ1v) is 8.42. The van der Waals surface area contributed by atoms with Crippen molar-refractivity contribution in [3.63, 3.8) is 0 Å². The maximum absolute atomic E-state index is 13.1. The zero-order valence-corrected chi connectivity index (χ0v) is 14.7. The van der Waals surface area contributed by atoms with Gasteiger partial charge in [0.25, 0.3) is 5.91 Å². The number of alkyl halides is 3. The summed E-state index contributed by atoms with van der Waals surface area (Å²) in [6.07, 6.45) is -1.54. The Balaban J connectivity index is 2.26. The van der Waals surface area contributed by atoms with E-state index in [-0.39, 0.29) is 23.2 Å². The molecular formula is C18H21F3N4O. The molecule has 1 amide bonds. The number of amides is 1. The number of para-hydroxylation sites is 1. The fourth-order valence-electron chi connectivity index (χ4n) is 2.51. The Kier molecular flexibility index (Phi) is 6.54. The molecular weight excluding hydrogens is 345 g/mol. The minimum Gasteiger partial charge on any atom is -0.337 e. The summed E-state index contributed by atoms with van der Waals surface area (Å²) in [6, 6.07) is 6.52. The molecule has 0 aliphatic rings. The van der Waals surface area contributed by atoms with Crippen molar-refractivity contribution in [2.45, 2.75) is 32.9 Å². The molecule has 140 valence electrons. The van der Waals surface area contributed by atoms with Crippen molar-refractivity contribution in [1.29, 1.82) is 0 Å². The van der Waals surface area contributed by atoms with E-state index in [1.54, 1.807) is 4.90 Å². The van der Waals surface area contributed by atoms with Gasteiger partial charge in [0, 0.05) is 19.3 Å². The largest absolute Gasteiger partial charge is 0.418 e. The van der Waals surface area contributed by atoms with Gasteiger partial charge >= 0.3 is 6.18 Å². The SMILES string of the molecule is CCCN(CCC)C(=O)c1ccnc(Nc2ccccc2C(F)(F)F)n1. The van der Waals surface area contributed by atoms with Crippen molar-refractivity contribution in [3.05, 3.63) is 47.8 Å². The van der Waals surface area contributed by atoms with Crippen LogP contribution in [0.5, 0.6) is 0 Å². The summed E-state index contributed by atoms with van der Waals surface area (Å²) in [7, 11) is 0. The molecule has 1 N–H and O–H groups in total. The van der Waals surface area contributed by atoms with Gasteiger partial charge in [0.2, 0.25) is 5.95 Å². The van der Waals surface area contributed by atoms with Gasteiger partial charge in [-0.25, -0.2) is 9.97 Å². The molecule has 8 heteroatoms. The van der Waals surface area contributed by atoms with E-state index in [9.17, 15) is 18.0 Å². The maximum Gasteiger partial charge on any atom is 0.418 e. The summed E-state index contributed by atoms with van der Waals surface area (Å²) < 4.78 is 39.3. The third kappa shape index (κ3) is 4.93. The van der Waals surface area contributed by atoms with Gasteiger partial charge in [-0.15, -0.1) is 0 Å². The first-order chi connectivity index (χ1) is 12.4. The maximum atomic E-state index is 13.1. The van der Waals surface area contributed by atoms with Gasteiger partial charge in [-0.05, 0) is 31.0 Å². The van der Waals surface area contributed by atoms with E-state index in [1.807, 2.05) is 13.8 Å². The molecule has 0 saturated heterocycles. The molecule has 0 bridgehead atoms. The van der Waals surface area contributed by atoms with Gasteiger partial charge in [-0.1, -0.05) is 26.0 Å². The van der Waals surface area contributed by atoms with E-state index in [0.29, 0.717) is 13.1 Å². The summed E-state index contributed by atoms with van der Waals surface area (Å²) in [6.45, 7) is 5.13. The molecule has 1 heterocycles. The Morgan fingerprint density at radius 1 is 1.12 bits per heavy atom. The number of hydrogen-bond acceptors (Lipinski definition) is 4. The average molecular weight is 366 g/mol. The second-order valence-corrected chi connectivity index (χ2v) is 5.73. The number of halogens is 3. The minimum atomic E-state index is -4.50. The summed E-state index contributed by atoms with van der Waals surface area (Å²) in [5.74, 6) is -0.316. The topological polar surface area (TPSA) is 58.1 Å². The molecule has 0 unspecified atom stereocenters. The molecule has 1 aromatic heterocycles. The molecule has 0 aliphatic carbocycles. The van der Waals surface area contributed by atoms with Crippen LogP contribution in [0.25, 0.3) is 0 Å². The Labute approximate surface area is 150 Å². The van der Waals surface area contributed by atoms with Crippen molar-refractivity contribution in [2.24, 2.45) is 0 Å². The number of nitrogens with one attached hydrogen (secondary N) is 1. The average Bonchev–Trinajstić information content (AvgIpc) is 2.61. The molecule has 26 heavy (non-hydrogen) atoms. The summed E-state index contributed by atoms with van der Waals surface area (Å²) in [5, 5.41) is 2.56. The van der Waals surface area contributed by atoms with Crippen molar-refractivity contribution in [3.8, 4) is 0 Å². The lowest BCUT2D eigenvalue weighted by Gasteiger charge is -2.21. The van der Waals surface area contributed by atoms with E-state index in [1.165, 1.54) is 30.5 Å². The van der Waals surface area contributed by atoms with Crippen LogP contribution in [0.4, 0.5) is 24.8 Å². The third-order valence-electron chi connectivity index (χ3n) is 3.63. The molecule has 2 rings (SSSR count). The highest BCUT2D eigenvalue weighted by atomic mass is 19.4. The van der Waals surface area contributed by atoms with E-state index >= 15 is 0 Å². The molecule has 2 aromatic rings. The van der Waals surface area contributed by atoms with Crippen LogP contribution in [-0.2, 0) is 6.18 Å². The number of nitrogens with zero attached hydrogens (tertiary/aromatic N) is 3. The van der Waals surface area contributed by atoms with E-state index in [2.05, 4.69) is 15.3 Å². The number of carbonyl (C=O) groups is 1. The Bertz CT molecular complexity index is 743. The normalized spacial score (nSPS) is 11.3. The molecule has 0 aliphatic heterocycles. The van der Waals surface area contributed by atoms with Crippen LogP contribution in [0.1, 0.15) is 42.7 Å². The van der Waals surface area contributed by atoms with Crippen molar-refractivity contribution >= 4 is 17.5 Å². The lowest BCUT2D eigenvalue weighted by molar-refractivity contribution is -0.136. The predicted octanol–water partition coefficient (Wildman–Crippen LogP) is 4.50. The number of hydrogen-bond donors (Lipinski definition) is 1. The summed E-state index contributed by atoms with van der Waals surface area (Å²) >= 11 is 0. The smallest absolute Gasteiger partial charge is 0.337 e. The van der Waals surface area contributed by atoms with Crippen LogP contribution < -0.4 is 5.32 Å². The third-order valence-corrected chi connectivity index (χ3v) is 3.63. The quantitative estimate of drug-likeness (QED) is 0.784. The number of rotatable bonds is 7. The van der Waals surface area contributed by atoms with E-state index in [4.69, 9.17) is 0 Å². The van der Waals surface area contributed by atoms with Gasteiger partial charge in [-0.3, -0.25) is 4.79 Å². The van der Waals surface area contributed by atoms with Gasteiger partial charge in [0.15, 0.2) is 0 Å². The molecule has 0 radical (unpaired) electrons. The van der Waals surface area contributed by atoms with E-state index in [0.717, 1.165) is 18.9 Å². The van der Waals surface area contributed by atoms with Crippen LogP contribution in [0.2, 0.25) is 0 Å². The molecule has 0 atom stereocenters. The first kappa shape index (κ1) is 19.7. The standard InChI is InChI=1S/C18H21F3N4O/c1-3-11-25(12-4-2)16(26)15-9-10-22-17(24-15)23-14-8-6-5-7-13(14)18(19,20)21/h5-10H,3-4,11-12H2,1-2H3,(H,22,23,24). The van der Waals surface area contributed by atoms with Crippen LogP contribution in [0.3, 0.4) is 0 Å². The van der Waals surface area contributed by atoms with Crippen LogP contribution in [0.15, 0.2) is 36.5 Å². The highest BCUT2D eigenvalue weighted by molar-refractivity contribution is 5.92. The number of carbonyl (C=O) groups excluding carboxylic acids is 1. The number of anilines is 2. The highest BCUT2D eigenvalue weighted by Crippen LogP contribution is 2.35. The lowest BCUT2D eigenvalue weighted by atomic mass is 10.1. The fourth-order valence-corrected chi connectivity index (χ4v) is 2.51. The summed E-state index contributed by atoms with van der Waals surface area (Å²) in [5.41, 5.74) is -0.837. The lowest BCUT2D eigenvalue weighted by Crippen LogP contribution is -2.33. The van der Waals surface area contributed by atoms with Crippen LogP contribution >= 0.6 is 0 Å². The predicted molar refractivity (Wildman–Crippen MR) is 93.2 cm³/mol. The van der Waals surface area contributed by atoms with Crippen molar-refractivity contribution in [1.82, 2.24) is 14.9 Å². The molecule has 0 fully saturated rings. The molecule has 5 nitrogen and oxygen atoms in total. The fraction of sp³-hybridized carbons (Fsp3) is 0.389. The Morgan fingerprint density at radius 2 is 1.77 bits per heavy atom. The zero-order valence-electron chi connectivity index (χ0n) is 14.7. The van der Waals surface area contributed by atoms with Gasteiger partial charge in [0.05, 0.1) is 11.3 Å². The Morgan fingerprint density at radius 3 is 2.38 bits per heavy atom. The van der Waals surface area contributed by atoms with Crippen LogP contribution in [0, 0.1) is 0 Å². The molecule has 0 saturated carbocycles. The van der Waals surface area contributed by atoms with Gasteiger partial charge in [-0.2, -0.15) is 13.2 Å². The second-order valence-electron chi connectivity index (χ2n) is 5.73. The van der Waals surface area contributed by atoms with Crippen molar-refractivity contribution in [2.75, 3.05) is 18.4 Å². The molecule has 1 aromatic carbocycles. The molecule has 0 spiro atoms. The zero-order chi connectivity index (χ0) is 19.2. The van der Waals surface area contributed by atoms with Crippen LogP contribution in [-0.4, -0.2) is 33.9 Å². The van der Waals surface area contributed by atoms with E-state index < -0.39 is 11.7 Å². The number of aromatic nitrogens is 2. The van der Waals surface area contributed by atoms with Gasteiger partial charge < -0.3 is 10.2 Å². The first-order valence-electron chi connectivity index (χ1n) is 8.42. The minimum absolute atomic E-state index is 0.0551.